The van der Waals surface area contributed by atoms with E-state index in [1.54, 1.807) is 14.0 Å². The van der Waals surface area contributed by atoms with E-state index in [-0.39, 0.29) is 29.6 Å². The minimum atomic E-state index is -1.28. The molecule has 0 aromatic carbocycles. The van der Waals surface area contributed by atoms with Crippen molar-refractivity contribution in [2.75, 3.05) is 7.11 Å². The van der Waals surface area contributed by atoms with Gasteiger partial charge in [0.1, 0.15) is 12.2 Å². The molecule has 0 saturated carbocycles. The van der Waals surface area contributed by atoms with Gasteiger partial charge in [0.25, 0.3) is 0 Å². The topological polar surface area (TPSA) is 122 Å². The van der Waals surface area contributed by atoms with Crippen LogP contribution in [0.1, 0.15) is 79.6 Å². The Balaban J connectivity index is 2.10. The molecule has 0 radical (unpaired) electrons. The zero-order chi connectivity index (χ0) is 27.0. The number of carbonyl (C=O) groups excluding carboxylic acids is 3. The average Bonchev–Trinajstić information content (AvgIpc) is 2.82. The highest BCUT2D eigenvalue weighted by Crippen LogP contribution is 2.42. The van der Waals surface area contributed by atoms with Gasteiger partial charge in [0, 0.05) is 31.8 Å². The Morgan fingerprint density at radius 1 is 1.25 bits per heavy atom. The monoisotopic (exact) mass is 507 g/mol. The van der Waals surface area contributed by atoms with Gasteiger partial charge in [-0.3, -0.25) is 19.7 Å². The number of imide groups is 1. The number of unbranched alkanes of at least 4 members (excludes halogenated alkanes) is 1. The Bertz CT molecular complexity index is 822. The highest BCUT2D eigenvalue weighted by Gasteiger charge is 2.52. The highest BCUT2D eigenvalue weighted by molar-refractivity contribution is 5.97. The average molecular weight is 508 g/mol. The van der Waals surface area contributed by atoms with Crippen LogP contribution in [0.5, 0.6) is 0 Å². The second-order valence-corrected chi connectivity index (χ2v) is 10.7. The van der Waals surface area contributed by atoms with Crippen LogP contribution in [-0.4, -0.2) is 59.0 Å². The zero-order valence-corrected chi connectivity index (χ0v) is 22.7. The Hall–Kier alpha value is -2.03. The molecule has 0 aliphatic carbocycles. The molecule has 2 aliphatic heterocycles. The number of rotatable bonds is 12. The molecule has 0 aromatic heterocycles. The largest absolute Gasteiger partial charge is 0.457 e. The van der Waals surface area contributed by atoms with Gasteiger partial charge < -0.3 is 19.7 Å². The van der Waals surface area contributed by atoms with Gasteiger partial charge in [0.2, 0.25) is 11.8 Å². The molecule has 2 amide bonds. The lowest BCUT2D eigenvalue weighted by molar-refractivity contribution is -0.195. The predicted molar refractivity (Wildman–Crippen MR) is 137 cm³/mol. The van der Waals surface area contributed by atoms with Crippen molar-refractivity contribution in [1.29, 1.82) is 0 Å². The van der Waals surface area contributed by atoms with E-state index in [1.807, 2.05) is 39.0 Å². The fraction of sp³-hybridized carbons (Fsp3) is 0.750. The summed E-state index contributed by atoms with van der Waals surface area (Å²) < 4.78 is 11.2. The fourth-order valence-electron chi connectivity index (χ4n) is 5.49. The second kappa shape index (κ2) is 13.5. The van der Waals surface area contributed by atoms with Crippen LogP contribution < -0.4 is 5.32 Å². The number of carbonyl (C=O) groups is 3. The van der Waals surface area contributed by atoms with Gasteiger partial charge in [-0.15, -0.1) is 0 Å². The number of ether oxygens (including phenoxy) is 2. The van der Waals surface area contributed by atoms with Crippen molar-refractivity contribution >= 4 is 17.8 Å². The number of hydrogen-bond acceptors (Lipinski definition) is 7. The molecule has 0 bridgehead atoms. The number of methoxy groups -OCH3 is 1. The molecule has 0 spiro atoms. The molecule has 2 fully saturated rings. The number of esters is 1. The van der Waals surface area contributed by atoms with Crippen LogP contribution in [-0.2, 0) is 23.9 Å². The SMILES string of the molecule is CCC/C=C/C(OC)[C@@H](O)[C@H](C)/C=C(/C)[C@@H]1OC(=O)C(C)C(O)(CCCC2CC(=O)NC(=O)C2)C1C. The number of cyclic esters (lactones) is 1. The van der Waals surface area contributed by atoms with Gasteiger partial charge in [-0.25, -0.2) is 0 Å². The van der Waals surface area contributed by atoms with Crippen molar-refractivity contribution in [2.24, 2.45) is 23.7 Å². The predicted octanol–water partition coefficient (Wildman–Crippen LogP) is 3.45. The molecule has 204 valence electrons. The van der Waals surface area contributed by atoms with Gasteiger partial charge in [-0.05, 0) is 44.6 Å². The fourth-order valence-corrected chi connectivity index (χ4v) is 5.49. The Kier molecular flexibility index (Phi) is 11.3. The smallest absolute Gasteiger partial charge is 0.312 e. The quantitative estimate of drug-likeness (QED) is 0.210. The number of aliphatic hydroxyl groups excluding tert-OH is 1. The third-order valence-electron chi connectivity index (χ3n) is 7.91. The van der Waals surface area contributed by atoms with E-state index in [4.69, 9.17) is 9.47 Å². The zero-order valence-electron chi connectivity index (χ0n) is 22.7. The summed E-state index contributed by atoms with van der Waals surface area (Å²) in [4.78, 5) is 36.1. The summed E-state index contributed by atoms with van der Waals surface area (Å²) in [5, 5.41) is 24.8. The van der Waals surface area contributed by atoms with E-state index in [2.05, 4.69) is 12.2 Å². The van der Waals surface area contributed by atoms with E-state index in [0.717, 1.165) is 18.4 Å². The minimum Gasteiger partial charge on any atom is -0.457 e. The molecular weight excluding hydrogens is 462 g/mol. The van der Waals surface area contributed by atoms with Crippen LogP contribution in [0.4, 0.5) is 0 Å². The molecule has 7 atom stereocenters. The molecule has 3 N–H and O–H groups in total. The minimum absolute atomic E-state index is 0.0455. The van der Waals surface area contributed by atoms with E-state index < -0.39 is 35.8 Å². The Morgan fingerprint density at radius 2 is 1.89 bits per heavy atom. The molecule has 2 heterocycles. The summed E-state index contributed by atoms with van der Waals surface area (Å²) in [7, 11) is 1.57. The van der Waals surface area contributed by atoms with Crippen molar-refractivity contribution in [3.8, 4) is 0 Å². The number of allylic oxidation sites excluding steroid dienone is 1. The maximum absolute atomic E-state index is 12.8. The summed E-state index contributed by atoms with van der Waals surface area (Å²) in [6, 6.07) is 0. The normalized spacial score (nSPS) is 30.7. The first kappa shape index (κ1) is 30.2. The number of aliphatic hydroxyl groups is 2. The number of nitrogens with one attached hydrogen (secondary N) is 1. The van der Waals surface area contributed by atoms with Gasteiger partial charge in [-0.1, -0.05) is 51.8 Å². The molecule has 8 nitrogen and oxygen atoms in total. The summed E-state index contributed by atoms with van der Waals surface area (Å²) in [5.41, 5.74) is -0.509. The van der Waals surface area contributed by atoms with Crippen LogP contribution in [0.2, 0.25) is 0 Å². The first-order chi connectivity index (χ1) is 16.9. The van der Waals surface area contributed by atoms with Gasteiger partial charge in [-0.2, -0.15) is 0 Å². The molecule has 2 saturated heterocycles. The van der Waals surface area contributed by atoms with Crippen molar-refractivity contribution in [1.82, 2.24) is 5.32 Å². The summed E-state index contributed by atoms with van der Waals surface area (Å²) in [6.07, 6.45) is 8.04. The number of amides is 2. The van der Waals surface area contributed by atoms with Crippen molar-refractivity contribution in [2.45, 2.75) is 103 Å². The van der Waals surface area contributed by atoms with Crippen molar-refractivity contribution in [3.63, 3.8) is 0 Å². The molecule has 2 aliphatic rings. The van der Waals surface area contributed by atoms with Gasteiger partial charge in [0.05, 0.1) is 17.6 Å². The summed E-state index contributed by atoms with van der Waals surface area (Å²) in [5.74, 6) is -2.35. The summed E-state index contributed by atoms with van der Waals surface area (Å²) >= 11 is 0. The van der Waals surface area contributed by atoms with Crippen LogP contribution in [0.3, 0.4) is 0 Å². The molecular formula is C28H45NO7. The molecule has 36 heavy (non-hydrogen) atoms. The van der Waals surface area contributed by atoms with E-state index in [9.17, 15) is 24.6 Å². The van der Waals surface area contributed by atoms with Crippen LogP contribution >= 0.6 is 0 Å². The maximum Gasteiger partial charge on any atom is 0.312 e. The number of hydrogen-bond donors (Lipinski definition) is 3. The van der Waals surface area contributed by atoms with Crippen LogP contribution in [0.25, 0.3) is 0 Å². The highest BCUT2D eigenvalue weighted by atomic mass is 16.6. The lowest BCUT2D eigenvalue weighted by Crippen LogP contribution is -2.57. The number of piperidine rings is 1. The standard InChI is InChI=1S/C28H45NO7/c1-7-8-9-12-22(35-6)25(32)17(2)14-18(3)26-19(4)28(34,20(5)27(33)36-26)13-10-11-21-15-23(30)29-24(31)16-21/h9,12,14,17,19-22,25-26,32,34H,7-8,10-11,13,15-16H2,1-6H3,(H,29,30,31)/b12-9+,18-14-/t17-,19?,20?,22?,25+,26+,28?/m1/s1. The van der Waals surface area contributed by atoms with Crippen LogP contribution in [0, 0.1) is 23.7 Å². The van der Waals surface area contributed by atoms with Crippen molar-refractivity contribution in [3.05, 3.63) is 23.8 Å². The van der Waals surface area contributed by atoms with Gasteiger partial charge in [0.15, 0.2) is 0 Å². The summed E-state index contributed by atoms with van der Waals surface area (Å²) in [6.45, 7) is 9.40. The van der Waals surface area contributed by atoms with Gasteiger partial charge >= 0.3 is 5.97 Å². The third-order valence-corrected chi connectivity index (χ3v) is 7.91. The Labute approximate surface area is 215 Å². The Morgan fingerprint density at radius 3 is 2.47 bits per heavy atom. The first-order valence-electron chi connectivity index (χ1n) is 13.3. The lowest BCUT2D eigenvalue weighted by atomic mass is 9.69. The van der Waals surface area contributed by atoms with E-state index in [0.29, 0.717) is 32.1 Å². The lowest BCUT2D eigenvalue weighted by Gasteiger charge is -2.46. The third kappa shape index (κ3) is 7.49. The van der Waals surface area contributed by atoms with Crippen molar-refractivity contribution < 1.29 is 34.1 Å². The molecule has 8 heteroatoms. The molecule has 4 unspecified atom stereocenters. The van der Waals surface area contributed by atoms with E-state index in [1.165, 1.54) is 0 Å². The second-order valence-electron chi connectivity index (χ2n) is 10.7. The van der Waals surface area contributed by atoms with E-state index >= 15 is 0 Å². The maximum atomic E-state index is 12.8. The van der Waals surface area contributed by atoms with Crippen LogP contribution in [0.15, 0.2) is 23.8 Å². The molecule has 2 rings (SSSR count). The molecule has 0 aromatic rings. The first-order valence-corrected chi connectivity index (χ1v) is 13.3.